The van der Waals surface area contributed by atoms with E-state index < -0.39 is 10.0 Å². The molecule has 0 fully saturated rings. The van der Waals surface area contributed by atoms with Crippen molar-refractivity contribution in [1.29, 1.82) is 0 Å². The number of methoxy groups -OCH3 is 1. The molecular weight excluding hydrogens is 280 g/mol. The highest BCUT2D eigenvalue weighted by molar-refractivity contribution is 7.89. The first-order valence-corrected chi connectivity index (χ1v) is 7.60. The minimum absolute atomic E-state index is 0.254. The van der Waals surface area contributed by atoms with E-state index in [1.165, 1.54) is 4.57 Å². The Balaban J connectivity index is 2.46. The summed E-state index contributed by atoms with van der Waals surface area (Å²) in [5, 5.41) is 12.6. The molecule has 0 aliphatic carbocycles. The van der Waals surface area contributed by atoms with Crippen molar-refractivity contribution < 1.29 is 13.2 Å². The van der Waals surface area contributed by atoms with Gasteiger partial charge >= 0.3 is 0 Å². The Labute approximate surface area is 117 Å². The van der Waals surface area contributed by atoms with Crippen LogP contribution in [0, 0.1) is 0 Å². The van der Waals surface area contributed by atoms with Crippen LogP contribution in [0.3, 0.4) is 0 Å². The number of aryl methyl sites for hydroxylation is 1. The fraction of sp³-hybridized carbons (Fsp3) is 0.333. The van der Waals surface area contributed by atoms with Crippen molar-refractivity contribution in [3.05, 3.63) is 36.2 Å². The van der Waals surface area contributed by atoms with Crippen LogP contribution in [-0.4, -0.2) is 36.9 Å². The minimum Gasteiger partial charge on any atom is -0.385 e. The van der Waals surface area contributed by atoms with E-state index in [4.69, 9.17) is 9.88 Å². The largest absolute Gasteiger partial charge is 0.385 e. The number of aromatic nitrogens is 3. The summed E-state index contributed by atoms with van der Waals surface area (Å²) in [4.78, 5) is 0. The molecule has 0 aliphatic rings. The molecule has 1 heterocycles. The second-order valence-corrected chi connectivity index (χ2v) is 5.67. The predicted molar refractivity (Wildman–Crippen MR) is 72.9 cm³/mol. The molecule has 0 saturated heterocycles. The quantitative estimate of drug-likeness (QED) is 0.782. The lowest BCUT2D eigenvalue weighted by Gasteiger charge is -2.09. The molecule has 20 heavy (non-hydrogen) atoms. The van der Waals surface area contributed by atoms with Gasteiger partial charge in [0.05, 0.1) is 0 Å². The summed E-state index contributed by atoms with van der Waals surface area (Å²) in [5.41, 5.74) is 0.661. The average molecular weight is 296 g/mol. The van der Waals surface area contributed by atoms with E-state index in [2.05, 4.69) is 10.2 Å². The number of benzene rings is 1. The van der Waals surface area contributed by atoms with Crippen LogP contribution in [0.4, 0.5) is 0 Å². The van der Waals surface area contributed by atoms with Crippen LogP contribution in [0.15, 0.2) is 35.5 Å². The van der Waals surface area contributed by atoms with Gasteiger partial charge in [-0.05, 0) is 18.6 Å². The number of sulfonamides is 1. The molecule has 0 spiro atoms. The normalized spacial score (nSPS) is 11.7. The Hall–Kier alpha value is -1.77. The third kappa shape index (κ3) is 3.21. The van der Waals surface area contributed by atoms with E-state index in [1.54, 1.807) is 31.4 Å². The van der Waals surface area contributed by atoms with Crippen molar-refractivity contribution in [3.63, 3.8) is 0 Å². The Morgan fingerprint density at radius 1 is 1.25 bits per heavy atom. The van der Waals surface area contributed by atoms with E-state index >= 15 is 0 Å². The molecule has 0 amide bonds. The molecule has 2 rings (SSSR count). The molecular formula is C12H16N4O3S. The minimum atomic E-state index is -3.93. The van der Waals surface area contributed by atoms with Crippen LogP contribution in [-0.2, 0) is 21.2 Å². The summed E-state index contributed by atoms with van der Waals surface area (Å²) in [6, 6.07) is 9.01. The molecule has 108 valence electrons. The summed E-state index contributed by atoms with van der Waals surface area (Å²) in [6.07, 6.45) is 1.26. The van der Waals surface area contributed by atoms with Crippen molar-refractivity contribution in [2.45, 2.75) is 18.0 Å². The highest BCUT2D eigenvalue weighted by atomic mass is 32.2. The summed E-state index contributed by atoms with van der Waals surface area (Å²) < 4.78 is 29.6. The Kier molecular flexibility index (Phi) is 4.48. The molecule has 0 unspecified atom stereocenters. The van der Waals surface area contributed by atoms with Crippen LogP contribution in [0.5, 0.6) is 0 Å². The van der Waals surface area contributed by atoms with Gasteiger partial charge in [-0.2, -0.15) is 0 Å². The number of rotatable bonds is 6. The third-order valence-corrected chi connectivity index (χ3v) is 3.49. The van der Waals surface area contributed by atoms with Gasteiger partial charge in [-0.15, -0.1) is 10.2 Å². The van der Waals surface area contributed by atoms with Gasteiger partial charge in [-0.1, -0.05) is 18.2 Å². The first-order valence-electron chi connectivity index (χ1n) is 6.05. The fourth-order valence-corrected chi connectivity index (χ4v) is 2.48. The molecule has 0 atom stereocenters. The van der Waals surface area contributed by atoms with Gasteiger partial charge in [-0.3, -0.25) is 4.57 Å². The maximum Gasteiger partial charge on any atom is 0.274 e. The van der Waals surface area contributed by atoms with Gasteiger partial charge in [0.1, 0.15) is 5.82 Å². The van der Waals surface area contributed by atoms with Crippen molar-refractivity contribution in [2.75, 3.05) is 13.7 Å². The lowest BCUT2D eigenvalue weighted by Crippen LogP contribution is -2.18. The third-order valence-electron chi connectivity index (χ3n) is 2.72. The number of primary sulfonamides is 1. The van der Waals surface area contributed by atoms with Gasteiger partial charge in [-0.25, -0.2) is 13.6 Å². The molecule has 2 aromatic rings. The number of para-hydroxylation sites is 1. The zero-order chi connectivity index (χ0) is 14.6. The van der Waals surface area contributed by atoms with E-state index in [1.807, 2.05) is 6.07 Å². The van der Waals surface area contributed by atoms with Crippen LogP contribution in [0.2, 0.25) is 0 Å². The summed E-state index contributed by atoms with van der Waals surface area (Å²) in [7, 11) is -2.32. The number of hydrogen-bond donors (Lipinski definition) is 1. The van der Waals surface area contributed by atoms with Crippen LogP contribution >= 0.6 is 0 Å². The fourth-order valence-electron chi connectivity index (χ4n) is 1.86. The first-order chi connectivity index (χ1) is 9.54. The van der Waals surface area contributed by atoms with Crippen molar-refractivity contribution in [3.8, 4) is 5.69 Å². The second-order valence-electron chi connectivity index (χ2n) is 4.21. The first kappa shape index (κ1) is 14.6. The summed E-state index contributed by atoms with van der Waals surface area (Å²) in [6.45, 7) is 0.562. The zero-order valence-corrected chi connectivity index (χ0v) is 11.9. The molecule has 0 bridgehead atoms. The highest BCUT2D eigenvalue weighted by Crippen LogP contribution is 2.16. The number of hydrogen-bond acceptors (Lipinski definition) is 5. The monoisotopic (exact) mass is 296 g/mol. The smallest absolute Gasteiger partial charge is 0.274 e. The average Bonchev–Trinajstić information content (AvgIpc) is 2.84. The molecule has 2 N–H and O–H groups in total. The Bertz CT molecular complexity index is 667. The molecule has 0 aliphatic heterocycles. The maximum absolute atomic E-state index is 11.6. The van der Waals surface area contributed by atoms with Gasteiger partial charge < -0.3 is 4.74 Å². The van der Waals surface area contributed by atoms with Crippen LogP contribution < -0.4 is 5.14 Å². The summed E-state index contributed by atoms with van der Waals surface area (Å²) in [5.74, 6) is 0.539. The highest BCUT2D eigenvalue weighted by Gasteiger charge is 2.21. The van der Waals surface area contributed by atoms with Crippen LogP contribution in [0.1, 0.15) is 12.2 Å². The molecule has 7 nitrogen and oxygen atoms in total. The van der Waals surface area contributed by atoms with E-state index in [0.29, 0.717) is 31.0 Å². The molecule has 0 radical (unpaired) electrons. The number of nitrogens with zero attached hydrogens (tertiary/aromatic N) is 3. The molecule has 0 saturated carbocycles. The standard InChI is InChI=1S/C12H16N4O3S/c1-19-9-5-8-11-14-15-12(20(13,17)18)16(11)10-6-3-2-4-7-10/h2-4,6-7H,5,8-9H2,1H3,(H2,13,17,18). The van der Waals surface area contributed by atoms with Crippen LogP contribution in [0.25, 0.3) is 5.69 Å². The van der Waals surface area contributed by atoms with Gasteiger partial charge in [0.2, 0.25) is 0 Å². The SMILES string of the molecule is COCCCc1nnc(S(N)(=O)=O)n1-c1ccccc1. The van der Waals surface area contributed by atoms with Gasteiger partial charge in [0.25, 0.3) is 15.2 Å². The van der Waals surface area contributed by atoms with E-state index in [0.717, 1.165) is 0 Å². The lowest BCUT2D eigenvalue weighted by molar-refractivity contribution is 0.194. The van der Waals surface area contributed by atoms with Crippen molar-refractivity contribution in [1.82, 2.24) is 14.8 Å². The van der Waals surface area contributed by atoms with Crippen molar-refractivity contribution >= 4 is 10.0 Å². The topological polar surface area (TPSA) is 100 Å². The number of ether oxygens (including phenoxy) is 1. The predicted octanol–water partition coefficient (Wildman–Crippen LogP) is 0.494. The molecule has 1 aromatic heterocycles. The Morgan fingerprint density at radius 3 is 2.55 bits per heavy atom. The lowest BCUT2D eigenvalue weighted by atomic mass is 10.3. The molecule has 8 heteroatoms. The Morgan fingerprint density at radius 2 is 1.95 bits per heavy atom. The number of nitrogens with two attached hydrogens (primary N) is 1. The molecule has 1 aromatic carbocycles. The second kappa shape index (κ2) is 6.12. The van der Waals surface area contributed by atoms with Gasteiger partial charge in [0, 0.05) is 25.8 Å². The summed E-state index contributed by atoms with van der Waals surface area (Å²) >= 11 is 0. The zero-order valence-electron chi connectivity index (χ0n) is 11.1. The van der Waals surface area contributed by atoms with Crippen molar-refractivity contribution in [2.24, 2.45) is 5.14 Å². The van der Waals surface area contributed by atoms with E-state index in [9.17, 15) is 8.42 Å². The van der Waals surface area contributed by atoms with E-state index in [-0.39, 0.29) is 5.16 Å². The van der Waals surface area contributed by atoms with Gasteiger partial charge in [0.15, 0.2) is 0 Å². The maximum atomic E-state index is 11.6.